The molecule has 0 spiro atoms. The minimum absolute atomic E-state index is 0.146. The molecule has 5 aromatic carbocycles. The molecule has 2 aliphatic rings. The molecular weight excluding hydrogens is 863 g/mol. The number of ether oxygens (including phenoxy) is 1. The van der Waals surface area contributed by atoms with Gasteiger partial charge in [-0.05, 0) is 11.1 Å². The van der Waals surface area contributed by atoms with Crippen molar-refractivity contribution < 1.29 is 24.0 Å². The minimum atomic E-state index is -1.31. The molecule has 9 rings (SSSR count). The number of aryl methyl sites for hydroxylation is 1. The van der Waals surface area contributed by atoms with Crippen molar-refractivity contribution in [3.05, 3.63) is 219 Å². The van der Waals surface area contributed by atoms with Crippen LogP contribution in [0.1, 0.15) is 45.2 Å². The van der Waals surface area contributed by atoms with Gasteiger partial charge in [-0.1, -0.05) is 157 Å². The molecule has 1 fully saturated rings. The number of nitrogen functional groups attached to an aromatic ring is 1. The zero-order valence-electron chi connectivity index (χ0n) is 34.4. The number of nitrogens with one attached hydrogen (secondary N) is 1. The van der Waals surface area contributed by atoms with Crippen molar-refractivity contribution in [2.24, 2.45) is 12.2 Å². The Labute approximate surface area is 382 Å². The van der Waals surface area contributed by atoms with Gasteiger partial charge in [-0.25, -0.2) is 9.78 Å². The molecule has 3 N–H and O–H groups in total. The van der Waals surface area contributed by atoms with Crippen LogP contribution < -0.4 is 11.1 Å². The number of benzene rings is 5. The predicted octanol–water partition coefficient (Wildman–Crippen LogP) is 8.05. The highest BCUT2D eigenvalue weighted by atomic mass is 32.2. The van der Waals surface area contributed by atoms with E-state index in [1.54, 1.807) is 16.3 Å². The van der Waals surface area contributed by atoms with Crippen LogP contribution in [0, 0.1) is 0 Å². The molecule has 4 heterocycles. The summed E-state index contributed by atoms with van der Waals surface area (Å²) in [6.07, 6.45) is 2.94. The number of esters is 1. The Morgan fingerprint density at radius 3 is 1.91 bits per heavy atom. The molecule has 0 radical (unpaired) electrons. The van der Waals surface area contributed by atoms with Crippen LogP contribution >= 0.6 is 34.9 Å². The van der Waals surface area contributed by atoms with Crippen LogP contribution in [0.15, 0.2) is 185 Å². The molecule has 0 aliphatic carbocycles. The van der Waals surface area contributed by atoms with Crippen LogP contribution in [-0.2, 0) is 42.4 Å². The third kappa shape index (κ3) is 8.57. The maximum Gasteiger partial charge on any atom is 0.356 e. The number of hydrogen-bond acceptors (Lipinski definition) is 12. The standard InChI is InChI=1S/C49H41N7O5S3/c1-55-28-32(27-51-55)29-62-39-31-63-46-41(45(58)56(46)42(39)47(59)60-43(33-17-7-2-8-18-33)34-19-9-3-10-20-34)53-44(57)40(38-30-64-48(50)52-38)54-61-49(35-21-11-4-12-22-35,36-23-13-5-14-24-36)37-25-15-6-16-26-37/h2-28,30,41,43,46H,29,31H2,1H3,(H2,50,52)(H,53,57)/b54-40-/t41-,46+/m1/s1. The number of hydrogen-bond donors (Lipinski definition) is 2. The average molecular weight is 904 g/mol. The molecular formula is C49H41N7O5S3. The van der Waals surface area contributed by atoms with E-state index in [1.807, 2.05) is 165 Å². The summed E-state index contributed by atoms with van der Waals surface area (Å²) in [5.41, 5.74) is 9.76. The summed E-state index contributed by atoms with van der Waals surface area (Å²) in [4.78, 5) is 56.9. The van der Waals surface area contributed by atoms with Crippen molar-refractivity contribution in [1.82, 2.24) is 25.0 Å². The molecule has 2 aromatic heterocycles. The number of fused-ring (bicyclic) bond motifs is 1. The highest BCUT2D eigenvalue weighted by molar-refractivity contribution is 8.05. The lowest BCUT2D eigenvalue weighted by atomic mass is 9.80. The first-order chi connectivity index (χ1) is 31.3. The number of nitrogens with zero attached hydrogens (tertiary/aromatic N) is 5. The number of rotatable bonds is 15. The normalized spacial score (nSPS) is 16.2. The first-order valence-corrected chi connectivity index (χ1v) is 23.3. The molecule has 320 valence electrons. The van der Waals surface area contributed by atoms with E-state index < -0.39 is 40.9 Å². The molecule has 2 atom stereocenters. The van der Waals surface area contributed by atoms with Crippen LogP contribution in [0.3, 0.4) is 0 Å². The number of thioether (sulfide) groups is 2. The molecule has 0 unspecified atom stereocenters. The van der Waals surface area contributed by atoms with Crippen LogP contribution in [0.5, 0.6) is 0 Å². The van der Waals surface area contributed by atoms with Gasteiger partial charge in [0.15, 0.2) is 16.9 Å². The first kappa shape index (κ1) is 42.4. The number of carbonyl (C=O) groups is 3. The summed E-state index contributed by atoms with van der Waals surface area (Å²) in [5, 5.41) is 13.0. The Balaban J connectivity index is 1.04. The van der Waals surface area contributed by atoms with Gasteiger partial charge in [-0.3, -0.25) is 19.2 Å². The third-order valence-electron chi connectivity index (χ3n) is 10.8. The summed E-state index contributed by atoms with van der Waals surface area (Å²) >= 11 is 4.05. The zero-order chi connectivity index (χ0) is 44.0. The van der Waals surface area contributed by atoms with E-state index in [2.05, 4.69) is 20.6 Å². The summed E-state index contributed by atoms with van der Waals surface area (Å²) < 4.78 is 8.08. The Bertz CT molecular complexity index is 2690. The zero-order valence-corrected chi connectivity index (χ0v) is 36.8. The van der Waals surface area contributed by atoms with Crippen LogP contribution in [-0.4, -0.2) is 60.3 Å². The minimum Gasteiger partial charge on any atom is -0.448 e. The van der Waals surface area contributed by atoms with E-state index in [0.717, 1.165) is 44.7 Å². The van der Waals surface area contributed by atoms with Gasteiger partial charge in [-0.15, -0.1) is 34.9 Å². The Morgan fingerprint density at radius 2 is 1.41 bits per heavy atom. The highest BCUT2D eigenvalue weighted by Gasteiger charge is 2.55. The summed E-state index contributed by atoms with van der Waals surface area (Å²) in [5.74, 6) is -0.926. The number of anilines is 1. The lowest BCUT2D eigenvalue weighted by Gasteiger charge is -2.49. The lowest BCUT2D eigenvalue weighted by Crippen LogP contribution is -2.71. The number of oxime groups is 1. The van der Waals surface area contributed by atoms with E-state index in [-0.39, 0.29) is 22.2 Å². The van der Waals surface area contributed by atoms with E-state index in [0.29, 0.717) is 16.4 Å². The number of nitrogens with two attached hydrogens (primary N) is 1. The maximum absolute atomic E-state index is 14.6. The van der Waals surface area contributed by atoms with Gasteiger partial charge >= 0.3 is 5.97 Å². The van der Waals surface area contributed by atoms with E-state index in [4.69, 9.17) is 15.3 Å². The van der Waals surface area contributed by atoms with Gasteiger partial charge in [-0.2, -0.15) is 5.10 Å². The quantitative estimate of drug-likeness (QED) is 0.0340. The van der Waals surface area contributed by atoms with Gasteiger partial charge in [0.25, 0.3) is 11.8 Å². The molecule has 0 saturated carbocycles. The Morgan fingerprint density at radius 1 is 0.859 bits per heavy atom. The average Bonchev–Trinajstić information content (AvgIpc) is 3.98. The largest absolute Gasteiger partial charge is 0.448 e. The fraction of sp³-hybridized carbons (Fsp3) is 0.143. The second kappa shape index (κ2) is 18.8. The van der Waals surface area contributed by atoms with Crippen molar-refractivity contribution in [3.8, 4) is 0 Å². The lowest BCUT2D eigenvalue weighted by molar-refractivity contribution is -0.154. The van der Waals surface area contributed by atoms with Crippen LogP contribution in [0.4, 0.5) is 5.13 Å². The fourth-order valence-electron chi connectivity index (χ4n) is 7.76. The van der Waals surface area contributed by atoms with E-state index >= 15 is 0 Å². The van der Waals surface area contributed by atoms with Crippen LogP contribution in [0.2, 0.25) is 0 Å². The van der Waals surface area contributed by atoms with Crippen molar-refractivity contribution >= 4 is 63.5 Å². The first-order valence-electron chi connectivity index (χ1n) is 20.3. The maximum atomic E-state index is 14.6. The SMILES string of the molecule is Cn1cc(CSC2=C(C(=O)OC(c3ccccc3)c3ccccc3)N3C(=O)[C@@H](NC(=O)/C(=N\OC(c4ccccc4)(c4ccccc4)c4ccccc4)c4csc(N)n4)[C@@H]3SC2)cn1. The molecule has 0 bridgehead atoms. The number of carbonyl (C=O) groups excluding carboxylic acids is 3. The van der Waals surface area contributed by atoms with Gasteiger partial charge < -0.3 is 20.6 Å². The topological polar surface area (TPSA) is 154 Å². The molecule has 7 aromatic rings. The van der Waals surface area contributed by atoms with Crippen molar-refractivity contribution in [3.63, 3.8) is 0 Å². The Hall–Kier alpha value is -6.94. The van der Waals surface area contributed by atoms with Crippen molar-refractivity contribution in [1.29, 1.82) is 0 Å². The van der Waals surface area contributed by atoms with E-state index in [1.165, 1.54) is 28.4 Å². The smallest absolute Gasteiger partial charge is 0.356 e. The molecule has 12 nitrogen and oxygen atoms in total. The van der Waals surface area contributed by atoms with Gasteiger partial charge in [0.1, 0.15) is 22.8 Å². The number of β-lactam (4-membered cyclic amide) rings is 1. The van der Waals surface area contributed by atoms with E-state index in [9.17, 15) is 14.4 Å². The molecule has 1 saturated heterocycles. The molecule has 2 amide bonds. The van der Waals surface area contributed by atoms with Crippen LogP contribution in [0.25, 0.3) is 0 Å². The summed E-state index contributed by atoms with van der Waals surface area (Å²) in [6, 6.07) is 46.9. The summed E-state index contributed by atoms with van der Waals surface area (Å²) in [7, 11) is 1.84. The summed E-state index contributed by atoms with van der Waals surface area (Å²) in [6.45, 7) is 0. The van der Waals surface area contributed by atoms with Gasteiger partial charge in [0.05, 0.1) is 6.20 Å². The number of amides is 2. The Kier molecular flexibility index (Phi) is 12.4. The van der Waals surface area contributed by atoms with Gasteiger partial charge in [0.2, 0.25) is 5.60 Å². The molecule has 15 heteroatoms. The van der Waals surface area contributed by atoms with Gasteiger partial charge in [0, 0.05) is 57.3 Å². The highest BCUT2D eigenvalue weighted by Crippen LogP contribution is 2.46. The molecule has 2 aliphatic heterocycles. The second-order valence-corrected chi connectivity index (χ2v) is 18.0. The fourth-order valence-corrected chi connectivity index (χ4v) is 10.8. The second-order valence-electron chi connectivity index (χ2n) is 14.9. The number of aromatic nitrogens is 3. The third-order valence-corrected chi connectivity index (χ3v) is 14.1. The molecule has 64 heavy (non-hydrogen) atoms. The monoisotopic (exact) mass is 903 g/mol. The van der Waals surface area contributed by atoms with Crippen molar-refractivity contribution in [2.75, 3.05) is 11.5 Å². The van der Waals surface area contributed by atoms with Crippen molar-refractivity contribution in [2.45, 2.75) is 28.9 Å². The number of thiazole rings is 1. The predicted molar refractivity (Wildman–Crippen MR) is 251 cm³/mol.